The summed E-state index contributed by atoms with van der Waals surface area (Å²) in [7, 11) is 0. The topological polar surface area (TPSA) is 12.5 Å². The van der Waals surface area contributed by atoms with Crippen molar-refractivity contribution >= 4 is 0 Å². The van der Waals surface area contributed by atoms with Crippen molar-refractivity contribution in [3.05, 3.63) is 0 Å². The first-order chi connectivity index (χ1) is 9.83. The van der Waals surface area contributed by atoms with Gasteiger partial charge in [-0.2, -0.15) is 0 Å². The lowest BCUT2D eigenvalue weighted by molar-refractivity contribution is 0.292. The molecule has 0 bridgehead atoms. The first-order valence-corrected chi connectivity index (χ1v) is 9.48. The smallest absolute Gasteiger partial charge is 0.0869 e. The van der Waals surface area contributed by atoms with Crippen molar-refractivity contribution in [2.24, 2.45) is 5.92 Å². The monoisotopic (exact) mass is 282 g/mol. The zero-order valence-electron chi connectivity index (χ0n) is 14.3. The minimum atomic E-state index is 0.621. The lowest BCUT2D eigenvalue weighted by Gasteiger charge is -2.10. The maximum Gasteiger partial charge on any atom is 0.0869 e. The van der Waals surface area contributed by atoms with Gasteiger partial charge in [0.25, 0.3) is 0 Å². The van der Waals surface area contributed by atoms with Crippen molar-refractivity contribution in [1.82, 2.24) is 0 Å². The summed E-state index contributed by atoms with van der Waals surface area (Å²) in [4.78, 5) is 0. The van der Waals surface area contributed by atoms with E-state index in [1.807, 2.05) is 0 Å². The Morgan fingerprint density at radius 1 is 0.750 bits per heavy atom. The summed E-state index contributed by atoms with van der Waals surface area (Å²) in [5, 5.41) is 0. The molecule has 1 aliphatic heterocycles. The van der Waals surface area contributed by atoms with Gasteiger partial charge in [-0.05, 0) is 18.8 Å². The number of rotatable bonds is 14. The van der Waals surface area contributed by atoms with Crippen LogP contribution in [0.5, 0.6) is 0 Å². The van der Waals surface area contributed by atoms with Gasteiger partial charge in [0.2, 0.25) is 0 Å². The van der Waals surface area contributed by atoms with Crippen LogP contribution < -0.4 is 0 Å². The summed E-state index contributed by atoms with van der Waals surface area (Å²) >= 11 is 0. The van der Waals surface area contributed by atoms with E-state index in [-0.39, 0.29) is 0 Å². The molecule has 1 aliphatic rings. The van der Waals surface area contributed by atoms with E-state index in [0.29, 0.717) is 12.2 Å². The number of ether oxygens (including phenoxy) is 1. The minimum absolute atomic E-state index is 0.621. The standard InChI is InChI=1S/C19H38O/c1-4-7-9-10-11-12-13-14-16-18-19(20-18)17(6-3)15-8-5-2/h17-19H,4-16H2,1-3H3. The van der Waals surface area contributed by atoms with Crippen molar-refractivity contribution in [1.29, 1.82) is 0 Å². The first kappa shape index (κ1) is 18.0. The fraction of sp³-hybridized carbons (Fsp3) is 1.00. The van der Waals surface area contributed by atoms with Crippen molar-refractivity contribution in [3.63, 3.8) is 0 Å². The fourth-order valence-corrected chi connectivity index (χ4v) is 3.35. The molecule has 1 rings (SSSR count). The molecule has 0 N–H and O–H groups in total. The van der Waals surface area contributed by atoms with E-state index in [4.69, 9.17) is 4.74 Å². The average molecular weight is 283 g/mol. The fourth-order valence-electron chi connectivity index (χ4n) is 3.35. The van der Waals surface area contributed by atoms with Gasteiger partial charge in [0, 0.05) is 0 Å². The highest BCUT2D eigenvalue weighted by Gasteiger charge is 2.42. The van der Waals surface area contributed by atoms with Crippen molar-refractivity contribution in [2.75, 3.05) is 0 Å². The molecule has 0 aromatic carbocycles. The number of hydrogen-bond donors (Lipinski definition) is 0. The zero-order valence-corrected chi connectivity index (χ0v) is 14.3. The third-order valence-corrected chi connectivity index (χ3v) is 4.88. The van der Waals surface area contributed by atoms with Gasteiger partial charge in [0.05, 0.1) is 12.2 Å². The number of epoxide rings is 1. The van der Waals surface area contributed by atoms with Crippen molar-refractivity contribution in [3.8, 4) is 0 Å². The Morgan fingerprint density at radius 2 is 1.35 bits per heavy atom. The third kappa shape index (κ3) is 7.67. The molecule has 3 unspecified atom stereocenters. The molecule has 1 heteroatoms. The van der Waals surface area contributed by atoms with Crippen LogP contribution in [0.25, 0.3) is 0 Å². The summed E-state index contributed by atoms with van der Waals surface area (Å²) < 4.78 is 5.93. The summed E-state index contributed by atoms with van der Waals surface area (Å²) in [6.07, 6.45) is 19.3. The summed E-state index contributed by atoms with van der Waals surface area (Å²) in [6.45, 7) is 6.91. The van der Waals surface area contributed by atoms with Crippen LogP contribution in [0.1, 0.15) is 104 Å². The molecule has 120 valence electrons. The summed E-state index contributed by atoms with van der Waals surface area (Å²) in [6, 6.07) is 0. The molecular formula is C19H38O. The van der Waals surface area contributed by atoms with Crippen LogP contribution in [0.2, 0.25) is 0 Å². The quantitative estimate of drug-likeness (QED) is 0.261. The van der Waals surface area contributed by atoms with E-state index in [9.17, 15) is 0 Å². The van der Waals surface area contributed by atoms with Gasteiger partial charge in [0.1, 0.15) is 0 Å². The van der Waals surface area contributed by atoms with E-state index in [1.165, 1.54) is 83.5 Å². The van der Waals surface area contributed by atoms with Crippen LogP contribution in [-0.4, -0.2) is 12.2 Å². The van der Waals surface area contributed by atoms with E-state index in [2.05, 4.69) is 20.8 Å². The van der Waals surface area contributed by atoms with E-state index in [1.54, 1.807) is 0 Å². The molecule has 0 aromatic rings. The van der Waals surface area contributed by atoms with E-state index >= 15 is 0 Å². The van der Waals surface area contributed by atoms with Crippen LogP contribution in [0, 0.1) is 5.92 Å². The SMILES string of the molecule is CCCCCCCCCCC1OC1C(CC)CCCC. The third-order valence-electron chi connectivity index (χ3n) is 4.88. The molecule has 3 atom stereocenters. The normalized spacial score (nSPS) is 22.9. The van der Waals surface area contributed by atoms with Gasteiger partial charge in [-0.25, -0.2) is 0 Å². The number of hydrogen-bond acceptors (Lipinski definition) is 1. The molecule has 0 aliphatic carbocycles. The van der Waals surface area contributed by atoms with Crippen LogP contribution in [0.15, 0.2) is 0 Å². The molecule has 1 heterocycles. The molecular weight excluding hydrogens is 244 g/mol. The van der Waals surface area contributed by atoms with E-state index in [0.717, 1.165) is 5.92 Å². The van der Waals surface area contributed by atoms with Crippen LogP contribution in [0.4, 0.5) is 0 Å². The Balaban J connectivity index is 1.91. The molecule has 1 saturated heterocycles. The lowest BCUT2D eigenvalue weighted by Crippen LogP contribution is -2.10. The van der Waals surface area contributed by atoms with Crippen LogP contribution >= 0.6 is 0 Å². The maximum atomic E-state index is 5.93. The highest BCUT2D eigenvalue weighted by Crippen LogP contribution is 2.37. The van der Waals surface area contributed by atoms with Gasteiger partial charge in [0.15, 0.2) is 0 Å². The molecule has 0 amide bonds. The first-order valence-electron chi connectivity index (χ1n) is 9.48. The van der Waals surface area contributed by atoms with Crippen molar-refractivity contribution in [2.45, 2.75) is 116 Å². The summed E-state index contributed by atoms with van der Waals surface area (Å²) in [5.41, 5.74) is 0. The average Bonchev–Trinajstić information content (AvgIpc) is 3.22. The van der Waals surface area contributed by atoms with Gasteiger partial charge in [-0.15, -0.1) is 0 Å². The Morgan fingerprint density at radius 3 is 1.95 bits per heavy atom. The number of unbranched alkanes of at least 4 members (excludes halogenated alkanes) is 8. The second kappa shape index (κ2) is 11.6. The largest absolute Gasteiger partial charge is 0.369 e. The second-order valence-corrected chi connectivity index (χ2v) is 6.71. The van der Waals surface area contributed by atoms with Gasteiger partial charge < -0.3 is 4.74 Å². The van der Waals surface area contributed by atoms with Crippen LogP contribution in [0.3, 0.4) is 0 Å². The highest BCUT2D eigenvalue weighted by molar-refractivity contribution is 4.89. The summed E-state index contributed by atoms with van der Waals surface area (Å²) in [5.74, 6) is 0.842. The highest BCUT2D eigenvalue weighted by atomic mass is 16.6. The Kier molecular flexibility index (Phi) is 10.4. The molecule has 0 aromatic heterocycles. The van der Waals surface area contributed by atoms with Gasteiger partial charge >= 0.3 is 0 Å². The van der Waals surface area contributed by atoms with E-state index < -0.39 is 0 Å². The predicted octanol–water partition coefficient (Wildman–Crippen LogP) is 6.50. The molecule has 1 nitrogen and oxygen atoms in total. The molecule has 1 fully saturated rings. The van der Waals surface area contributed by atoms with Crippen molar-refractivity contribution < 1.29 is 4.74 Å². The Labute approximate surface area is 127 Å². The van der Waals surface area contributed by atoms with Gasteiger partial charge in [-0.1, -0.05) is 91.4 Å². The minimum Gasteiger partial charge on any atom is -0.369 e. The lowest BCUT2D eigenvalue weighted by atomic mass is 9.93. The molecule has 20 heavy (non-hydrogen) atoms. The molecule has 0 spiro atoms. The second-order valence-electron chi connectivity index (χ2n) is 6.71. The maximum absolute atomic E-state index is 5.93. The zero-order chi connectivity index (χ0) is 14.6. The molecule has 0 saturated carbocycles. The molecule has 0 radical (unpaired) electrons. The van der Waals surface area contributed by atoms with Gasteiger partial charge in [-0.3, -0.25) is 0 Å². The Bertz CT molecular complexity index is 214. The predicted molar refractivity (Wildman–Crippen MR) is 89.2 cm³/mol. The Hall–Kier alpha value is -0.0400. The van der Waals surface area contributed by atoms with Crippen LogP contribution in [-0.2, 0) is 4.74 Å².